The minimum absolute atomic E-state index is 0.0308. The number of carbonyl (C=O) groups is 2. The summed E-state index contributed by atoms with van der Waals surface area (Å²) in [7, 11) is 0. The van der Waals surface area contributed by atoms with Crippen LogP contribution < -0.4 is 0 Å². The van der Waals surface area contributed by atoms with Crippen molar-refractivity contribution in [1.82, 2.24) is 4.90 Å². The normalized spacial score (nSPS) is 27.0. The van der Waals surface area contributed by atoms with Crippen molar-refractivity contribution in [3.63, 3.8) is 0 Å². The highest BCUT2D eigenvalue weighted by Crippen LogP contribution is 2.49. The molecule has 0 bridgehead atoms. The van der Waals surface area contributed by atoms with E-state index in [2.05, 4.69) is 15.9 Å². The molecule has 1 saturated heterocycles. The highest BCUT2D eigenvalue weighted by Gasteiger charge is 2.55. The molecule has 3 rings (SSSR count). The van der Waals surface area contributed by atoms with Crippen LogP contribution in [-0.4, -0.2) is 35.0 Å². The molecule has 1 amide bonds. The molecule has 0 radical (unpaired) electrons. The molecule has 1 heterocycles. The minimum atomic E-state index is -0.848. The van der Waals surface area contributed by atoms with Crippen molar-refractivity contribution in [2.24, 2.45) is 11.3 Å². The van der Waals surface area contributed by atoms with Gasteiger partial charge in [0.2, 0.25) is 0 Å². The Hall–Kier alpha value is -1.14. The number of carboxylic acid groups (broad SMARTS) is 1. The zero-order valence-corrected chi connectivity index (χ0v) is 14.0. The van der Waals surface area contributed by atoms with Crippen LogP contribution in [0.4, 0.5) is 4.39 Å². The fourth-order valence-electron chi connectivity index (χ4n) is 3.68. The van der Waals surface area contributed by atoms with Crippen molar-refractivity contribution in [1.29, 1.82) is 0 Å². The van der Waals surface area contributed by atoms with Crippen LogP contribution in [-0.2, 0) is 4.79 Å². The SMILES string of the molecule is O=C(c1cc(Cl)cc(F)c1Br)N1C[C@@H]2CCC[C@@]2(C(=O)O)C1. The topological polar surface area (TPSA) is 57.6 Å². The molecular formula is C15H14BrClFNO3. The average Bonchev–Trinajstić information content (AvgIpc) is 2.99. The van der Waals surface area contributed by atoms with E-state index in [0.717, 1.165) is 18.9 Å². The molecular weight excluding hydrogens is 377 g/mol. The molecule has 1 N–H and O–H groups in total. The highest BCUT2D eigenvalue weighted by atomic mass is 79.9. The number of carboxylic acids is 1. The monoisotopic (exact) mass is 389 g/mol. The lowest BCUT2D eigenvalue weighted by molar-refractivity contribution is -0.149. The summed E-state index contributed by atoms with van der Waals surface area (Å²) in [5.74, 6) is -1.87. The maximum atomic E-state index is 13.7. The molecule has 1 aromatic carbocycles. The van der Waals surface area contributed by atoms with Crippen molar-refractivity contribution in [2.75, 3.05) is 13.1 Å². The predicted molar refractivity (Wildman–Crippen MR) is 82.4 cm³/mol. The fraction of sp³-hybridized carbons (Fsp3) is 0.467. The number of benzene rings is 1. The van der Waals surface area contributed by atoms with Crippen molar-refractivity contribution in [3.05, 3.63) is 33.0 Å². The first kappa shape index (κ1) is 15.7. The van der Waals surface area contributed by atoms with E-state index >= 15 is 0 Å². The van der Waals surface area contributed by atoms with Gasteiger partial charge >= 0.3 is 5.97 Å². The number of hydrogen-bond acceptors (Lipinski definition) is 2. The van der Waals surface area contributed by atoms with Crippen molar-refractivity contribution < 1.29 is 19.1 Å². The molecule has 4 nitrogen and oxygen atoms in total. The number of nitrogens with zero attached hydrogens (tertiary/aromatic N) is 1. The van der Waals surface area contributed by atoms with E-state index in [9.17, 15) is 19.1 Å². The van der Waals surface area contributed by atoms with Gasteiger partial charge in [-0.05, 0) is 46.8 Å². The molecule has 0 spiro atoms. The summed E-state index contributed by atoms with van der Waals surface area (Å²) >= 11 is 8.89. The molecule has 2 fully saturated rings. The second-order valence-corrected chi connectivity index (χ2v) is 7.21. The van der Waals surface area contributed by atoms with Crippen LogP contribution in [0.1, 0.15) is 29.6 Å². The van der Waals surface area contributed by atoms with Crippen LogP contribution in [0.15, 0.2) is 16.6 Å². The molecule has 1 saturated carbocycles. The standard InChI is InChI=1S/C15H14BrClFNO3/c16-12-10(4-9(17)5-11(12)18)13(20)19-6-8-2-1-3-15(8,7-19)14(21)22/h4-5,8H,1-3,6-7H2,(H,21,22)/t8-,15+/m0/s1. The molecule has 1 aliphatic heterocycles. The maximum absolute atomic E-state index is 13.7. The van der Waals surface area contributed by atoms with Gasteiger partial charge in [0.1, 0.15) is 5.82 Å². The van der Waals surface area contributed by atoms with Gasteiger partial charge in [-0.1, -0.05) is 18.0 Å². The van der Waals surface area contributed by atoms with Crippen LogP contribution in [0, 0.1) is 17.2 Å². The maximum Gasteiger partial charge on any atom is 0.311 e. The first-order valence-electron chi connectivity index (χ1n) is 7.02. The summed E-state index contributed by atoms with van der Waals surface area (Å²) in [6.07, 6.45) is 2.26. The Labute approximate surface area is 140 Å². The Kier molecular flexibility index (Phi) is 3.93. The van der Waals surface area contributed by atoms with Crippen molar-refractivity contribution in [3.8, 4) is 0 Å². The third-order valence-corrected chi connectivity index (χ3v) is 5.83. The predicted octanol–water partition coefficient (Wildman–Crippen LogP) is 3.57. The summed E-state index contributed by atoms with van der Waals surface area (Å²) in [6, 6.07) is 2.53. The van der Waals surface area contributed by atoms with E-state index in [1.165, 1.54) is 11.0 Å². The van der Waals surface area contributed by atoms with E-state index in [4.69, 9.17) is 11.6 Å². The Morgan fingerprint density at radius 3 is 2.82 bits per heavy atom. The quantitative estimate of drug-likeness (QED) is 0.786. The molecule has 7 heteroatoms. The summed E-state index contributed by atoms with van der Waals surface area (Å²) in [5, 5.41) is 9.69. The highest BCUT2D eigenvalue weighted by molar-refractivity contribution is 9.10. The summed E-state index contributed by atoms with van der Waals surface area (Å²) in [6.45, 7) is 0.568. The molecule has 22 heavy (non-hydrogen) atoms. The first-order chi connectivity index (χ1) is 10.3. The summed E-state index contributed by atoms with van der Waals surface area (Å²) < 4.78 is 13.8. The lowest BCUT2D eigenvalue weighted by Gasteiger charge is -2.23. The molecule has 2 atom stereocenters. The number of carbonyl (C=O) groups excluding carboxylic acids is 1. The first-order valence-corrected chi connectivity index (χ1v) is 8.19. The average molecular weight is 391 g/mol. The number of amides is 1. The van der Waals surface area contributed by atoms with Crippen LogP contribution in [0.2, 0.25) is 5.02 Å². The number of likely N-dealkylation sites (tertiary alicyclic amines) is 1. The number of aliphatic carboxylic acids is 1. The molecule has 1 aromatic rings. The molecule has 0 aromatic heterocycles. The van der Waals surface area contributed by atoms with E-state index in [-0.39, 0.29) is 33.4 Å². The van der Waals surface area contributed by atoms with Gasteiger partial charge in [-0.3, -0.25) is 9.59 Å². The van der Waals surface area contributed by atoms with Crippen LogP contribution in [0.3, 0.4) is 0 Å². The second-order valence-electron chi connectivity index (χ2n) is 5.99. The van der Waals surface area contributed by atoms with Gasteiger partial charge in [-0.15, -0.1) is 0 Å². The van der Waals surface area contributed by atoms with Gasteiger partial charge in [0.05, 0.1) is 15.5 Å². The van der Waals surface area contributed by atoms with Crippen LogP contribution in [0.25, 0.3) is 0 Å². The molecule has 0 unspecified atom stereocenters. The third kappa shape index (κ3) is 2.33. The zero-order valence-electron chi connectivity index (χ0n) is 11.6. The third-order valence-electron chi connectivity index (χ3n) is 4.81. The fourth-order valence-corrected chi connectivity index (χ4v) is 4.28. The number of halogens is 3. The van der Waals surface area contributed by atoms with Gasteiger partial charge in [-0.2, -0.15) is 0 Å². The Morgan fingerprint density at radius 2 is 2.18 bits per heavy atom. The largest absolute Gasteiger partial charge is 0.481 e. The minimum Gasteiger partial charge on any atom is -0.481 e. The van der Waals surface area contributed by atoms with Crippen molar-refractivity contribution in [2.45, 2.75) is 19.3 Å². The van der Waals surface area contributed by atoms with E-state index in [0.29, 0.717) is 13.0 Å². The zero-order chi connectivity index (χ0) is 16.1. The van der Waals surface area contributed by atoms with Gasteiger partial charge in [0, 0.05) is 18.1 Å². The Balaban J connectivity index is 1.91. The van der Waals surface area contributed by atoms with E-state index in [1.54, 1.807) is 0 Å². The second kappa shape index (κ2) is 5.49. The lowest BCUT2D eigenvalue weighted by Crippen LogP contribution is -2.37. The molecule has 1 aliphatic carbocycles. The smallest absolute Gasteiger partial charge is 0.311 e. The van der Waals surface area contributed by atoms with E-state index in [1.807, 2.05) is 0 Å². The number of fused-ring (bicyclic) bond motifs is 1. The number of rotatable bonds is 2. The Bertz CT molecular complexity index is 668. The lowest BCUT2D eigenvalue weighted by atomic mass is 9.81. The van der Waals surface area contributed by atoms with Gasteiger partial charge < -0.3 is 10.0 Å². The summed E-state index contributed by atoms with van der Waals surface area (Å²) in [4.78, 5) is 25.8. The van der Waals surface area contributed by atoms with Crippen LogP contribution in [0.5, 0.6) is 0 Å². The van der Waals surface area contributed by atoms with Gasteiger partial charge in [-0.25, -0.2) is 4.39 Å². The van der Waals surface area contributed by atoms with Gasteiger partial charge in [0.15, 0.2) is 0 Å². The van der Waals surface area contributed by atoms with Crippen LogP contribution >= 0.6 is 27.5 Å². The molecule has 118 valence electrons. The number of hydrogen-bond donors (Lipinski definition) is 1. The van der Waals surface area contributed by atoms with Gasteiger partial charge in [0.25, 0.3) is 5.91 Å². The van der Waals surface area contributed by atoms with E-state index < -0.39 is 17.2 Å². The Morgan fingerprint density at radius 1 is 1.45 bits per heavy atom. The van der Waals surface area contributed by atoms with Crippen molar-refractivity contribution >= 4 is 39.4 Å². The molecule has 2 aliphatic rings. The summed E-state index contributed by atoms with van der Waals surface area (Å²) in [5.41, 5.74) is -0.718.